The lowest BCUT2D eigenvalue weighted by molar-refractivity contribution is -0.300. The van der Waals surface area contributed by atoms with Crippen LogP contribution in [-0.2, 0) is 23.4 Å². The Labute approximate surface area is 205 Å². The minimum atomic E-state index is -2.22. The molecular formula is C26H54O6Si. The van der Waals surface area contributed by atoms with Gasteiger partial charge in [0, 0.05) is 19.8 Å². The molecule has 7 heteroatoms. The molecule has 1 aliphatic heterocycles. The van der Waals surface area contributed by atoms with Crippen LogP contribution < -0.4 is 0 Å². The van der Waals surface area contributed by atoms with E-state index in [4.69, 9.17) is 23.4 Å². The molecule has 1 N–H and O–H groups in total. The number of hydrogen-bond acceptors (Lipinski definition) is 6. The number of aliphatic hydroxyl groups is 1. The fourth-order valence-electron chi connectivity index (χ4n) is 3.80. The fraction of sp³-hybridized carbons (Fsp3) is 1.00. The molecule has 0 radical (unpaired) electrons. The molecule has 198 valence electrons. The van der Waals surface area contributed by atoms with Gasteiger partial charge < -0.3 is 28.5 Å². The van der Waals surface area contributed by atoms with Crippen LogP contribution in [0.15, 0.2) is 0 Å². The summed E-state index contributed by atoms with van der Waals surface area (Å²) in [4.78, 5) is 0. The standard InChI is InChI=1S/C26H54O6Si/c1-10-13-16-28-19-21-22(27)23(29-17-14-11-2)24(30-18-15-12-3)25(31-21)32-33(8,9)26(6,7)20(4)5/h20-25,27H,10-19H2,1-9H3/t21?,22-,23?,24-,25-/m0/s1. The molecule has 1 heterocycles. The summed E-state index contributed by atoms with van der Waals surface area (Å²) in [6, 6.07) is 0. The van der Waals surface area contributed by atoms with Crippen LogP contribution in [0, 0.1) is 5.92 Å². The molecule has 0 aromatic heterocycles. The van der Waals surface area contributed by atoms with E-state index in [1.807, 2.05) is 0 Å². The first kappa shape index (κ1) is 31.0. The quantitative estimate of drug-likeness (QED) is 0.202. The van der Waals surface area contributed by atoms with Gasteiger partial charge in [-0.2, -0.15) is 0 Å². The molecule has 0 bridgehead atoms. The van der Waals surface area contributed by atoms with Gasteiger partial charge >= 0.3 is 0 Å². The van der Waals surface area contributed by atoms with Gasteiger partial charge in [-0.15, -0.1) is 0 Å². The number of hydrogen-bond donors (Lipinski definition) is 1. The highest BCUT2D eigenvalue weighted by Gasteiger charge is 2.52. The lowest BCUT2D eigenvalue weighted by atomic mass is 9.98. The third kappa shape index (κ3) is 9.17. The van der Waals surface area contributed by atoms with Crippen molar-refractivity contribution in [2.75, 3.05) is 26.4 Å². The molecule has 0 amide bonds. The minimum Gasteiger partial charge on any atom is -0.390 e. The topological polar surface area (TPSA) is 66.4 Å². The van der Waals surface area contributed by atoms with Crippen molar-refractivity contribution in [3.63, 3.8) is 0 Å². The highest BCUT2D eigenvalue weighted by atomic mass is 28.4. The van der Waals surface area contributed by atoms with Crippen molar-refractivity contribution in [3.05, 3.63) is 0 Å². The molecule has 5 atom stereocenters. The van der Waals surface area contributed by atoms with Gasteiger partial charge in [-0.05, 0) is 43.3 Å². The number of unbranched alkanes of at least 4 members (excludes halogenated alkanes) is 3. The van der Waals surface area contributed by atoms with Crippen LogP contribution in [0.5, 0.6) is 0 Å². The van der Waals surface area contributed by atoms with Crippen LogP contribution in [0.3, 0.4) is 0 Å². The maximum absolute atomic E-state index is 11.2. The van der Waals surface area contributed by atoms with Crippen LogP contribution >= 0.6 is 0 Å². The molecule has 1 aliphatic rings. The van der Waals surface area contributed by atoms with E-state index in [-0.39, 0.29) is 5.04 Å². The molecule has 1 fully saturated rings. The van der Waals surface area contributed by atoms with Crippen LogP contribution in [0.1, 0.15) is 87.0 Å². The third-order valence-electron chi connectivity index (χ3n) is 7.57. The second-order valence-electron chi connectivity index (χ2n) is 10.8. The summed E-state index contributed by atoms with van der Waals surface area (Å²) in [7, 11) is -2.22. The van der Waals surface area contributed by atoms with Gasteiger partial charge in [0.25, 0.3) is 0 Å². The Morgan fingerprint density at radius 1 is 0.879 bits per heavy atom. The minimum absolute atomic E-state index is 0.0338. The van der Waals surface area contributed by atoms with Gasteiger partial charge in [-0.3, -0.25) is 0 Å². The highest BCUT2D eigenvalue weighted by molar-refractivity contribution is 6.74. The molecule has 0 aromatic carbocycles. The first-order valence-corrected chi connectivity index (χ1v) is 16.3. The molecule has 1 saturated heterocycles. The van der Waals surface area contributed by atoms with Crippen molar-refractivity contribution in [1.29, 1.82) is 0 Å². The van der Waals surface area contributed by atoms with Crippen LogP contribution in [0.4, 0.5) is 0 Å². The first-order valence-electron chi connectivity index (χ1n) is 13.4. The Morgan fingerprint density at radius 2 is 1.39 bits per heavy atom. The number of ether oxygens (including phenoxy) is 4. The van der Waals surface area contributed by atoms with E-state index in [0.717, 1.165) is 38.5 Å². The van der Waals surface area contributed by atoms with E-state index >= 15 is 0 Å². The Balaban J connectivity index is 3.16. The van der Waals surface area contributed by atoms with E-state index < -0.39 is 39.0 Å². The average Bonchev–Trinajstić information content (AvgIpc) is 2.75. The predicted molar refractivity (Wildman–Crippen MR) is 137 cm³/mol. The Bertz CT molecular complexity index is 513. The van der Waals surface area contributed by atoms with E-state index in [9.17, 15) is 5.11 Å². The maximum atomic E-state index is 11.2. The first-order chi connectivity index (χ1) is 15.5. The third-order valence-corrected chi connectivity index (χ3v) is 12.1. The Morgan fingerprint density at radius 3 is 1.91 bits per heavy atom. The smallest absolute Gasteiger partial charge is 0.196 e. The number of rotatable bonds is 17. The maximum Gasteiger partial charge on any atom is 0.196 e. The van der Waals surface area contributed by atoms with E-state index in [2.05, 4.69) is 61.6 Å². The lowest BCUT2D eigenvalue weighted by Gasteiger charge is -2.49. The van der Waals surface area contributed by atoms with E-state index in [0.29, 0.717) is 32.3 Å². The summed E-state index contributed by atoms with van der Waals surface area (Å²) in [5, 5.41) is 11.3. The van der Waals surface area contributed by atoms with Crippen LogP contribution in [0.2, 0.25) is 18.1 Å². The Kier molecular flexibility index (Phi) is 14.3. The second kappa shape index (κ2) is 15.2. The molecule has 6 nitrogen and oxygen atoms in total. The lowest BCUT2D eigenvalue weighted by Crippen LogP contribution is -2.63. The molecule has 0 aromatic rings. The van der Waals surface area contributed by atoms with E-state index in [1.54, 1.807) is 0 Å². The SMILES string of the molecule is CCCCOCC1O[C@@H](O[Si](C)(C)C(C)(C)C(C)C)[C@@H](OCCCC)C(OCCCC)[C@H]1O. The number of aliphatic hydroxyl groups excluding tert-OH is 1. The fourth-order valence-corrected chi connectivity index (χ4v) is 6.27. The zero-order chi connectivity index (χ0) is 25.1. The molecular weight excluding hydrogens is 436 g/mol. The summed E-state index contributed by atoms with van der Waals surface area (Å²) >= 11 is 0. The summed E-state index contributed by atoms with van der Waals surface area (Å²) in [6.45, 7) is 22.2. The molecule has 1 rings (SSSR count). The van der Waals surface area contributed by atoms with E-state index in [1.165, 1.54) is 0 Å². The van der Waals surface area contributed by atoms with Crippen molar-refractivity contribution < 1.29 is 28.5 Å². The summed E-state index contributed by atoms with van der Waals surface area (Å²) < 4.78 is 31.6. The van der Waals surface area contributed by atoms with Crippen molar-refractivity contribution in [2.24, 2.45) is 5.92 Å². The molecule has 2 unspecified atom stereocenters. The van der Waals surface area contributed by atoms with Gasteiger partial charge in [0.05, 0.1) is 6.61 Å². The van der Waals surface area contributed by atoms with Gasteiger partial charge in [-0.25, -0.2) is 0 Å². The average molecular weight is 491 g/mol. The Hall–Kier alpha value is -0.0231. The molecule has 0 aliphatic carbocycles. The predicted octanol–water partition coefficient (Wildman–Crippen LogP) is 5.92. The van der Waals surface area contributed by atoms with Gasteiger partial charge in [0.2, 0.25) is 0 Å². The van der Waals surface area contributed by atoms with Crippen molar-refractivity contribution in [1.82, 2.24) is 0 Å². The zero-order valence-electron chi connectivity index (χ0n) is 23.0. The summed E-state index contributed by atoms with van der Waals surface area (Å²) in [5.41, 5.74) is 0. The zero-order valence-corrected chi connectivity index (χ0v) is 24.0. The van der Waals surface area contributed by atoms with Crippen molar-refractivity contribution >= 4 is 8.32 Å². The second-order valence-corrected chi connectivity index (χ2v) is 15.4. The molecule has 0 saturated carbocycles. The van der Waals surface area contributed by atoms with Gasteiger partial charge in [0.15, 0.2) is 14.6 Å². The summed E-state index contributed by atoms with van der Waals surface area (Å²) in [5.74, 6) is 0.470. The summed E-state index contributed by atoms with van der Waals surface area (Å²) in [6.07, 6.45) is 3.14. The van der Waals surface area contributed by atoms with Crippen LogP contribution in [0.25, 0.3) is 0 Å². The normalized spacial score (nSPS) is 26.8. The van der Waals surface area contributed by atoms with Gasteiger partial charge in [-0.1, -0.05) is 67.7 Å². The van der Waals surface area contributed by atoms with Crippen molar-refractivity contribution in [2.45, 2.75) is 136 Å². The molecule has 0 spiro atoms. The van der Waals surface area contributed by atoms with Crippen molar-refractivity contribution in [3.8, 4) is 0 Å². The van der Waals surface area contributed by atoms with Crippen LogP contribution in [-0.4, -0.2) is 70.6 Å². The highest BCUT2D eigenvalue weighted by Crippen LogP contribution is 2.46. The monoisotopic (exact) mass is 490 g/mol. The largest absolute Gasteiger partial charge is 0.390 e. The molecule has 33 heavy (non-hydrogen) atoms. The van der Waals surface area contributed by atoms with Gasteiger partial charge in [0.1, 0.15) is 24.4 Å².